The lowest BCUT2D eigenvalue weighted by Gasteiger charge is -2.17. The first-order valence-corrected chi connectivity index (χ1v) is 7.38. The zero-order chi connectivity index (χ0) is 16.6. The van der Waals surface area contributed by atoms with E-state index in [0.29, 0.717) is 11.7 Å². The number of rotatable bonds is 6. The molecule has 2 aromatic rings. The van der Waals surface area contributed by atoms with Crippen LogP contribution in [0.3, 0.4) is 0 Å². The molecule has 1 aliphatic rings. The number of halogens is 3. The van der Waals surface area contributed by atoms with Gasteiger partial charge >= 0.3 is 0 Å². The van der Waals surface area contributed by atoms with E-state index in [-0.39, 0.29) is 12.1 Å². The molecule has 1 aromatic carbocycles. The Kier molecular flexibility index (Phi) is 4.36. The van der Waals surface area contributed by atoms with E-state index in [4.69, 9.17) is 0 Å². The van der Waals surface area contributed by atoms with E-state index in [2.05, 4.69) is 15.5 Å². The molecular formula is C15H17F3N4O. The smallest absolute Gasteiger partial charge is 0.194 e. The zero-order valence-electron chi connectivity index (χ0n) is 12.6. The lowest BCUT2D eigenvalue weighted by Crippen LogP contribution is -2.26. The van der Waals surface area contributed by atoms with E-state index < -0.39 is 30.1 Å². The molecule has 0 spiro atoms. The number of nitrogens with one attached hydrogen (secondary N) is 1. The van der Waals surface area contributed by atoms with Crippen LogP contribution < -0.4 is 5.32 Å². The van der Waals surface area contributed by atoms with Crippen LogP contribution in [0.1, 0.15) is 42.0 Å². The van der Waals surface area contributed by atoms with Gasteiger partial charge in [-0.3, -0.25) is 0 Å². The number of aliphatic hydroxyl groups excluding tert-OH is 1. The Hall–Kier alpha value is -1.93. The van der Waals surface area contributed by atoms with Crippen LogP contribution in [0.5, 0.6) is 0 Å². The van der Waals surface area contributed by atoms with E-state index in [1.54, 1.807) is 0 Å². The molecule has 1 heterocycles. The Morgan fingerprint density at radius 1 is 1.26 bits per heavy atom. The van der Waals surface area contributed by atoms with Crippen LogP contribution in [0.25, 0.3) is 0 Å². The maximum atomic E-state index is 13.3. The monoisotopic (exact) mass is 326 g/mol. The fourth-order valence-corrected chi connectivity index (χ4v) is 2.50. The topological polar surface area (TPSA) is 63.0 Å². The molecule has 3 rings (SSSR count). The van der Waals surface area contributed by atoms with Gasteiger partial charge in [-0.2, -0.15) is 0 Å². The van der Waals surface area contributed by atoms with Gasteiger partial charge < -0.3 is 15.0 Å². The Morgan fingerprint density at radius 3 is 2.48 bits per heavy atom. The lowest BCUT2D eigenvalue weighted by atomic mass is 10.1. The summed E-state index contributed by atoms with van der Waals surface area (Å²) in [5, 5.41) is 20.6. The van der Waals surface area contributed by atoms with E-state index in [1.165, 1.54) is 0 Å². The third kappa shape index (κ3) is 3.23. The summed E-state index contributed by atoms with van der Waals surface area (Å²) >= 11 is 0. The molecule has 0 radical (unpaired) electrons. The highest BCUT2D eigenvalue weighted by molar-refractivity contribution is 5.23. The molecule has 1 fully saturated rings. The van der Waals surface area contributed by atoms with E-state index in [9.17, 15) is 18.3 Å². The first-order chi connectivity index (χ1) is 11.0. The minimum Gasteiger partial charge on any atom is -0.394 e. The summed E-state index contributed by atoms with van der Waals surface area (Å²) < 4.78 is 41.5. The number of aliphatic hydroxyl groups is 1. The molecule has 8 heteroatoms. The Morgan fingerprint density at radius 2 is 1.91 bits per heavy atom. The average molecular weight is 326 g/mol. The molecule has 1 aliphatic carbocycles. The van der Waals surface area contributed by atoms with E-state index in [1.807, 2.05) is 11.6 Å². The van der Waals surface area contributed by atoms with Crippen molar-refractivity contribution in [2.24, 2.45) is 7.05 Å². The minimum atomic E-state index is -1.52. The quantitative estimate of drug-likeness (QED) is 0.796. The summed E-state index contributed by atoms with van der Waals surface area (Å²) in [6.45, 7) is -0.125. The molecule has 1 atom stereocenters. The van der Waals surface area contributed by atoms with Gasteiger partial charge in [0.15, 0.2) is 17.5 Å². The SMILES string of the molecule is Cn1c(CN[C@H](CO)c2cc(F)c(F)c(F)c2)nnc1C1CC1. The Labute approximate surface area is 131 Å². The number of hydrogen-bond donors (Lipinski definition) is 2. The van der Waals surface area contributed by atoms with Gasteiger partial charge in [-0.05, 0) is 30.5 Å². The molecule has 0 unspecified atom stereocenters. The summed E-state index contributed by atoms with van der Waals surface area (Å²) in [6, 6.07) is 1.01. The predicted molar refractivity (Wildman–Crippen MR) is 76.0 cm³/mol. The van der Waals surface area contributed by atoms with Crippen molar-refractivity contribution in [3.63, 3.8) is 0 Å². The Balaban J connectivity index is 1.72. The molecule has 23 heavy (non-hydrogen) atoms. The van der Waals surface area contributed by atoms with Crippen molar-refractivity contribution in [2.75, 3.05) is 6.61 Å². The van der Waals surface area contributed by atoms with E-state index in [0.717, 1.165) is 30.8 Å². The highest BCUT2D eigenvalue weighted by Gasteiger charge is 2.29. The lowest BCUT2D eigenvalue weighted by molar-refractivity contribution is 0.241. The summed E-state index contributed by atoms with van der Waals surface area (Å²) in [6.07, 6.45) is 2.21. The Bertz CT molecular complexity index is 692. The van der Waals surface area contributed by atoms with Crippen LogP contribution in [0, 0.1) is 17.5 Å². The molecular weight excluding hydrogens is 309 g/mol. The molecule has 0 bridgehead atoms. The summed E-state index contributed by atoms with van der Waals surface area (Å²) in [5.41, 5.74) is 0.133. The molecule has 0 amide bonds. The number of hydrogen-bond acceptors (Lipinski definition) is 4. The van der Waals surface area contributed by atoms with Crippen molar-refractivity contribution in [3.05, 3.63) is 46.8 Å². The van der Waals surface area contributed by atoms with Crippen molar-refractivity contribution in [2.45, 2.75) is 31.3 Å². The summed E-state index contributed by atoms with van der Waals surface area (Å²) in [7, 11) is 1.86. The molecule has 124 valence electrons. The number of nitrogens with zero attached hydrogens (tertiary/aromatic N) is 3. The maximum Gasteiger partial charge on any atom is 0.194 e. The third-order valence-electron chi connectivity index (χ3n) is 4.04. The fourth-order valence-electron chi connectivity index (χ4n) is 2.50. The van der Waals surface area contributed by atoms with Crippen molar-refractivity contribution < 1.29 is 18.3 Å². The molecule has 0 aliphatic heterocycles. The minimum absolute atomic E-state index is 0.133. The maximum absolute atomic E-state index is 13.3. The van der Waals surface area contributed by atoms with Gasteiger partial charge in [-0.1, -0.05) is 0 Å². The van der Waals surface area contributed by atoms with Gasteiger partial charge in [-0.15, -0.1) is 10.2 Å². The second kappa shape index (κ2) is 6.29. The van der Waals surface area contributed by atoms with Crippen LogP contribution in [0.4, 0.5) is 13.2 Å². The van der Waals surface area contributed by atoms with Crippen LogP contribution in [0.15, 0.2) is 12.1 Å². The first-order valence-electron chi connectivity index (χ1n) is 7.38. The van der Waals surface area contributed by atoms with Crippen LogP contribution in [-0.4, -0.2) is 26.5 Å². The van der Waals surface area contributed by atoms with Crippen LogP contribution in [-0.2, 0) is 13.6 Å². The number of benzene rings is 1. The van der Waals surface area contributed by atoms with Gasteiger partial charge in [0.2, 0.25) is 0 Å². The van der Waals surface area contributed by atoms with Crippen LogP contribution in [0.2, 0.25) is 0 Å². The number of aromatic nitrogens is 3. The second-order valence-electron chi connectivity index (χ2n) is 5.72. The standard InChI is InChI=1S/C15H17F3N4O/c1-22-13(20-21-15(22)8-2-3-8)6-19-12(7-23)9-4-10(16)14(18)11(17)5-9/h4-5,8,12,19,23H,2-3,6-7H2,1H3/t12-/m1/s1. The fraction of sp³-hybridized carbons (Fsp3) is 0.467. The zero-order valence-corrected chi connectivity index (χ0v) is 12.6. The van der Waals surface area contributed by atoms with Crippen molar-refractivity contribution >= 4 is 0 Å². The predicted octanol–water partition coefficient (Wildman–Crippen LogP) is 1.93. The van der Waals surface area contributed by atoms with Crippen molar-refractivity contribution in [3.8, 4) is 0 Å². The van der Waals surface area contributed by atoms with Gasteiger partial charge in [0.05, 0.1) is 19.2 Å². The first kappa shape index (κ1) is 15.9. The molecule has 0 saturated heterocycles. The highest BCUT2D eigenvalue weighted by atomic mass is 19.2. The molecule has 2 N–H and O–H groups in total. The molecule has 5 nitrogen and oxygen atoms in total. The molecule has 1 saturated carbocycles. The average Bonchev–Trinajstić information content (AvgIpc) is 3.30. The van der Waals surface area contributed by atoms with E-state index >= 15 is 0 Å². The van der Waals surface area contributed by atoms with Gasteiger partial charge in [0.1, 0.15) is 11.6 Å². The molecule has 1 aromatic heterocycles. The normalized spacial score (nSPS) is 15.9. The summed E-state index contributed by atoms with van der Waals surface area (Å²) in [4.78, 5) is 0. The van der Waals surface area contributed by atoms with Crippen LogP contribution >= 0.6 is 0 Å². The summed E-state index contributed by atoms with van der Waals surface area (Å²) in [5.74, 6) is -2.05. The van der Waals surface area contributed by atoms with Gasteiger partial charge in [0.25, 0.3) is 0 Å². The van der Waals surface area contributed by atoms with Gasteiger partial charge in [-0.25, -0.2) is 13.2 Å². The second-order valence-corrected chi connectivity index (χ2v) is 5.72. The van der Waals surface area contributed by atoms with Crippen molar-refractivity contribution in [1.82, 2.24) is 20.1 Å². The van der Waals surface area contributed by atoms with Gasteiger partial charge in [0, 0.05) is 13.0 Å². The highest BCUT2D eigenvalue weighted by Crippen LogP contribution is 2.38. The largest absolute Gasteiger partial charge is 0.394 e. The third-order valence-corrected chi connectivity index (χ3v) is 4.04. The van der Waals surface area contributed by atoms with Crippen molar-refractivity contribution in [1.29, 1.82) is 0 Å².